The van der Waals surface area contributed by atoms with Crippen molar-refractivity contribution in [2.45, 2.75) is 166 Å². The maximum Gasteiger partial charge on any atom is 0.305 e. The Kier molecular flexibility index (Phi) is 30.5. The molecule has 10 amide bonds. The second-order valence-corrected chi connectivity index (χ2v) is 24.1. The van der Waals surface area contributed by atoms with Crippen LogP contribution in [0.2, 0.25) is 0 Å². The Morgan fingerprint density at radius 1 is 0.547 bits per heavy atom. The number of aliphatic hydroxyl groups is 2. The minimum Gasteiger partial charge on any atom is -0.508 e. The van der Waals surface area contributed by atoms with E-state index in [1.165, 1.54) is 31.2 Å². The van der Waals surface area contributed by atoms with Crippen LogP contribution in [-0.4, -0.2) is 183 Å². The van der Waals surface area contributed by atoms with Crippen molar-refractivity contribution in [3.63, 3.8) is 0 Å². The number of aliphatic hydroxyl groups excluding tert-OH is 2. The fraction of sp³-hybridized carbons (Fsp3) is 0.492. The summed E-state index contributed by atoms with van der Waals surface area (Å²) in [6.07, 6.45) is 4.14. The van der Waals surface area contributed by atoms with Crippen LogP contribution in [0.25, 0.3) is 10.9 Å². The van der Waals surface area contributed by atoms with Crippen molar-refractivity contribution < 1.29 is 78.0 Å². The number of para-hydroxylation sites is 1. The van der Waals surface area contributed by atoms with E-state index in [9.17, 15) is 78.0 Å². The molecular formula is C65H90N14O16. The number of benzene rings is 3. The zero-order valence-corrected chi connectivity index (χ0v) is 53.7. The molecule has 1 saturated carbocycles. The van der Waals surface area contributed by atoms with Gasteiger partial charge in [-0.3, -0.25) is 62.5 Å². The monoisotopic (exact) mass is 1320 g/mol. The third kappa shape index (κ3) is 25.8. The zero-order valence-electron chi connectivity index (χ0n) is 53.7. The molecule has 9 atom stereocenters. The Bertz CT molecular complexity index is 3300. The molecule has 95 heavy (non-hydrogen) atoms. The van der Waals surface area contributed by atoms with Crippen LogP contribution in [0.15, 0.2) is 90.1 Å². The number of nitrogens with zero attached hydrogens (tertiary/aromatic N) is 1. The van der Waals surface area contributed by atoms with Gasteiger partial charge in [-0.1, -0.05) is 107 Å². The average Bonchev–Trinajstić information content (AvgIpc) is 1.76. The Labute approximate surface area is 549 Å². The number of hydrogen-bond donors (Lipinski definition) is 17. The Hall–Kier alpha value is -9.97. The molecule has 19 N–H and O–H groups in total. The van der Waals surface area contributed by atoms with Crippen molar-refractivity contribution in [1.82, 2.24) is 58.2 Å². The van der Waals surface area contributed by atoms with E-state index < -0.39 is 145 Å². The summed E-state index contributed by atoms with van der Waals surface area (Å²) in [5.41, 5.74) is 13.4. The maximum absolute atomic E-state index is 14.8. The molecule has 0 unspecified atom stereocenters. The van der Waals surface area contributed by atoms with Gasteiger partial charge in [-0.25, -0.2) is 0 Å². The number of carbonyl (C=O) groups is 12. The molecule has 0 aliphatic heterocycles. The lowest BCUT2D eigenvalue weighted by Gasteiger charge is -2.30. The highest BCUT2D eigenvalue weighted by atomic mass is 16.4. The molecule has 0 bridgehead atoms. The van der Waals surface area contributed by atoms with Crippen LogP contribution in [0, 0.1) is 11.8 Å². The van der Waals surface area contributed by atoms with Gasteiger partial charge in [0, 0.05) is 49.8 Å². The zero-order chi connectivity index (χ0) is 69.7. The minimum atomic E-state index is -1.82. The lowest BCUT2D eigenvalue weighted by molar-refractivity contribution is -0.141. The normalized spacial score (nSPS) is 15.1. The number of fused-ring (bicyclic) bond motifs is 1. The molecule has 1 heterocycles. The topological polar surface area (TPSA) is 486 Å². The van der Waals surface area contributed by atoms with Crippen LogP contribution in [0.4, 0.5) is 0 Å². The van der Waals surface area contributed by atoms with Gasteiger partial charge in [-0.05, 0) is 79.3 Å². The van der Waals surface area contributed by atoms with Crippen molar-refractivity contribution in [3.05, 3.63) is 102 Å². The average molecular weight is 1320 g/mol. The van der Waals surface area contributed by atoms with E-state index >= 15 is 0 Å². The van der Waals surface area contributed by atoms with Gasteiger partial charge in [0.15, 0.2) is 5.96 Å². The molecule has 4 aromatic rings. The number of carbonyl (C=O) groups excluding carboxylic acids is 11. The number of ketones is 1. The van der Waals surface area contributed by atoms with E-state index in [0.717, 1.165) is 26.2 Å². The van der Waals surface area contributed by atoms with Gasteiger partial charge in [-0.2, -0.15) is 0 Å². The first-order valence-corrected chi connectivity index (χ1v) is 31.6. The number of aliphatic imine (C=N–C) groups is 1. The van der Waals surface area contributed by atoms with E-state index in [1.54, 1.807) is 74.6 Å². The van der Waals surface area contributed by atoms with Gasteiger partial charge in [0.1, 0.15) is 65.9 Å². The number of aromatic amines is 1. The van der Waals surface area contributed by atoms with Crippen molar-refractivity contribution >= 4 is 87.7 Å². The first kappa shape index (κ1) is 75.7. The number of nitrogens with two attached hydrogens (primary N) is 2. The Morgan fingerprint density at radius 2 is 1.02 bits per heavy atom. The minimum absolute atomic E-state index is 0.0267. The second-order valence-electron chi connectivity index (χ2n) is 24.1. The number of phenols is 1. The summed E-state index contributed by atoms with van der Waals surface area (Å²) in [5.74, 6) is -11.7. The number of carboxylic acid groups (broad SMARTS) is 1. The number of amides is 10. The van der Waals surface area contributed by atoms with Gasteiger partial charge in [0.05, 0.1) is 26.2 Å². The number of nitrogens with one attached hydrogen (secondary N) is 11. The van der Waals surface area contributed by atoms with E-state index in [2.05, 4.69) is 63.1 Å². The lowest BCUT2D eigenvalue weighted by atomic mass is 9.84. The van der Waals surface area contributed by atoms with E-state index in [-0.39, 0.29) is 81.6 Å². The van der Waals surface area contributed by atoms with Crippen LogP contribution < -0.4 is 64.6 Å². The van der Waals surface area contributed by atoms with Crippen molar-refractivity contribution in [3.8, 4) is 5.75 Å². The van der Waals surface area contributed by atoms with Crippen LogP contribution in [0.3, 0.4) is 0 Å². The molecule has 3 aromatic carbocycles. The number of guanidine groups is 1. The summed E-state index contributed by atoms with van der Waals surface area (Å²) < 4.78 is 0. The molecule has 1 aliphatic rings. The number of Topliss-reactive ketones (excluding diaryl/α,β-unsaturated/α-hetero) is 1. The van der Waals surface area contributed by atoms with Crippen molar-refractivity contribution in [2.24, 2.45) is 28.3 Å². The lowest BCUT2D eigenvalue weighted by Crippen LogP contribution is -2.61. The first-order chi connectivity index (χ1) is 45.2. The third-order valence-corrected chi connectivity index (χ3v) is 15.7. The molecule has 1 aliphatic carbocycles. The number of H-pyrrole nitrogens is 1. The molecule has 1 aromatic heterocycles. The SMILES string of the molecule is CC(=O)CNC(=O)[C@H](CO)NC(=O)[C@H](Cc1c[nH]c2ccccc12)NC(=O)[C@H](CC(C)C)NC(=O)[C@H](Cc1ccc(O)cc1)NC(=O)[C@@H](CCCN=C(N)N)NC(=O)[C@@H](CO)NC(=O)[C@H](Cc1ccccc1)NC(=O)[C@H](CC1CCCCC1)NC(=O)[C@H](CC(=O)O)NC(C)=O. The Morgan fingerprint density at radius 3 is 1.58 bits per heavy atom. The smallest absolute Gasteiger partial charge is 0.305 e. The predicted molar refractivity (Wildman–Crippen MR) is 348 cm³/mol. The fourth-order valence-corrected chi connectivity index (χ4v) is 10.9. The molecule has 30 heteroatoms. The molecule has 516 valence electrons. The van der Waals surface area contributed by atoms with Crippen LogP contribution >= 0.6 is 0 Å². The van der Waals surface area contributed by atoms with Crippen molar-refractivity contribution in [1.29, 1.82) is 0 Å². The summed E-state index contributed by atoms with van der Waals surface area (Å²) in [7, 11) is 0. The summed E-state index contributed by atoms with van der Waals surface area (Å²) >= 11 is 0. The number of aromatic nitrogens is 1. The summed E-state index contributed by atoms with van der Waals surface area (Å²) in [6, 6.07) is 7.41. The van der Waals surface area contributed by atoms with Crippen LogP contribution in [0.5, 0.6) is 5.75 Å². The first-order valence-electron chi connectivity index (χ1n) is 31.6. The molecule has 0 saturated heterocycles. The van der Waals surface area contributed by atoms with E-state index in [0.29, 0.717) is 40.4 Å². The quantitative estimate of drug-likeness (QED) is 0.0138. The summed E-state index contributed by atoms with van der Waals surface area (Å²) in [6.45, 7) is 3.47. The van der Waals surface area contributed by atoms with Gasteiger partial charge in [0.25, 0.3) is 0 Å². The number of aromatic hydroxyl groups is 1. The molecule has 0 radical (unpaired) electrons. The van der Waals surface area contributed by atoms with Crippen LogP contribution in [-0.2, 0) is 76.8 Å². The van der Waals surface area contributed by atoms with Crippen molar-refractivity contribution in [2.75, 3.05) is 26.3 Å². The second kappa shape index (κ2) is 38.3. The summed E-state index contributed by atoms with van der Waals surface area (Å²) in [4.78, 5) is 171. The Balaban J connectivity index is 1.43. The predicted octanol–water partition coefficient (Wildman–Crippen LogP) is -1.48. The molecule has 5 rings (SSSR count). The fourth-order valence-electron chi connectivity index (χ4n) is 10.9. The molecule has 30 nitrogen and oxygen atoms in total. The highest BCUT2D eigenvalue weighted by molar-refractivity contribution is 5.99. The van der Waals surface area contributed by atoms with E-state index in [1.807, 2.05) is 0 Å². The van der Waals surface area contributed by atoms with Gasteiger partial charge in [-0.15, -0.1) is 0 Å². The van der Waals surface area contributed by atoms with Gasteiger partial charge >= 0.3 is 5.97 Å². The number of phenolic OH excluding ortho intramolecular Hbond substituents is 1. The molecular weight excluding hydrogens is 1230 g/mol. The highest BCUT2D eigenvalue weighted by Gasteiger charge is 2.37. The standard InChI is InChI=1S/C65H90N14O16/c1-36(2)26-47(58(89)77-51(30-42-33-69-45-19-12-11-18-44(42)45)62(93)78-53(34-80)56(87)70-32-37(3)82)73-59(90)50(29-41-21-23-43(84)24-22-41)74-57(88)46(20-13-25-68-65(66)67)72-64(95)54(35-81)79-61(92)49(28-40-16-9-6-10-17-40)75-60(91)48(27-39-14-7-5-8-15-39)76-63(94)52(31-55(85)86)71-38(4)83/h6,9-12,16-19,21-24,33,36,39,46-54,69,80-81,84H,5,7-8,13-15,20,25-32,34-35H2,1-4H3,(H,70,87)(H,71,83)(H,72,95)(H,73,90)(H,74,88)(H,75,91)(H,76,94)(H,77,89)(H,78,93)(H,79,92)(H,85,86)(H4,66,67,68)/t46-,47+,48+,49+,50+,51+,52+,53+,54-/m1/s1. The maximum atomic E-state index is 14.8. The van der Waals surface area contributed by atoms with Crippen LogP contribution in [0.1, 0.15) is 109 Å². The largest absolute Gasteiger partial charge is 0.508 e. The number of aliphatic carboxylic acids is 1. The third-order valence-electron chi connectivity index (χ3n) is 15.7. The number of carboxylic acids is 1. The van der Waals surface area contributed by atoms with E-state index in [4.69, 9.17) is 11.5 Å². The molecule has 1 fully saturated rings. The molecule has 0 spiro atoms. The number of rotatable bonds is 38. The highest BCUT2D eigenvalue weighted by Crippen LogP contribution is 2.28. The van der Waals surface area contributed by atoms with Gasteiger partial charge < -0.3 is 90.0 Å². The summed E-state index contributed by atoms with van der Waals surface area (Å²) in [5, 5.41) is 66.8. The number of hydrogen-bond acceptors (Lipinski definition) is 16. The van der Waals surface area contributed by atoms with Gasteiger partial charge in [0.2, 0.25) is 59.1 Å².